The molecule has 1 N–H and O–H groups in total. The Morgan fingerprint density at radius 3 is 2.55 bits per heavy atom. The topological polar surface area (TPSA) is 73.2 Å². The first-order valence-corrected chi connectivity index (χ1v) is 5.76. The third-order valence-corrected chi connectivity index (χ3v) is 2.38. The van der Waals surface area contributed by atoms with Crippen LogP contribution < -0.4 is 5.32 Å². The van der Waals surface area contributed by atoms with Gasteiger partial charge in [0.15, 0.2) is 5.78 Å². The Bertz CT molecular complexity index is 615. The summed E-state index contributed by atoms with van der Waals surface area (Å²) >= 11 is 0. The van der Waals surface area contributed by atoms with E-state index in [0.29, 0.717) is 0 Å². The zero-order valence-corrected chi connectivity index (χ0v) is 11.4. The number of nitrogens with zero attached hydrogens (tertiary/aromatic N) is 2. The highest BCUT2D eigenvalue weighted by Crippen LogP contribution is 2.19. The van der Waals surface area contributed by atoms with Crippen LogP contribution in [0.25, 0.3) is 0 Å². The summed E-state index contributed by atoms with van der Waals surface area (Å²) in [5.41, 5.74) is -0.362. The first kappa shape index (κ1) is 15.4. The first-order chi connectivity index (χ1) is 9.36. The van der Waals surface area contributed by atoms with Gasteiger partial charge in [0.05, 0.1) is 16.8 Å². The Hall–Kier alpha value is -2.68. The molecule has 0 bridgehead atoms. The Morgan fingerprint density at radius 1 is 1.40 bits per heavy atom. The van der Waals surface area contributed by atoms with Crippen molar-refractivity contribution in [2.45, 2.75) is 6.92 Å². The summed E-state index contributed by atoms with van der Waals surface area (Å²) in [4.78, 5) is 25.0. The maximum atomic E-state index is 13.6. The van der Waals surface area contributed by atoms with Crippen LogP contribution in [-0.4, -0.2) is 30.7 Å². The highest BCUT2D eigenvalue weighted by atomic mass is 19.1. The third kappa shape index (κ3) is 3.65. The van der Waals surface area contributed by atoms with Gasteiger partial charge in [-0.3, -0.25) is 9.59 Å². The summed E-state index contributed by atoms with van der Waals surface area (Å²) < 4.78 is 13.6. The third-order valence-electron chi connectivity index (χ3n) is 2.38. The Balaban J connectivity index is 3.13. The molecule has 0 aromatic heterocycles. The van der Waals surface area contributed by atoms with Gasteiger partial charge < -0.3 is 10.2 Å². The lowest BCUT2D eigenvalue weighted by Gasteiger charge is -2.11. The molecule has 1 aromatic carbocycles. The molecular weight excluding hydrogens is 261 g/mol. The van der Waals surface area contributed by atoms with E-state index in [1.54, 1.807) is 20.2 Å². The lowest BCUT2D eigenvalue weighted by molar-refractivity contribution is -0.119. The molecule has 0 radical (unpaired) electrons. The molecule has 0 fully saturated rings. The molecule has 5 nitrogen and oxygen atoms in total. The minimum Gasteiger partial charge on any atom is -0.383 e. The van der Waals surface area contributed by atoms with E-state index in [4.69, 9.17) is 5.26 Å². The largest absolute Gasteiger partial charge is 0.383 e. The Morgan fingerprint density at radius 2 is 2.05 bits per heavy atom. The van der Waals surface area contributed by atoms with E-state index < -0.39 is 17.5 Å². The van der Waals surface area contributed by atoms with Crippen molar-refractivity contribution in [2.75, 3.05) is 19.4 Å². The second-order valence-corrected chi connectivity index (χ2v) is 4.29. The second-order valence-electron chi connectivity index (χ2n) is 4.29. The lowest BCUT2D eigenvalue weighted by Crippen LogP contribution is -2.22. The summed E-state index contributed by atoms with van der Waals surface area (Å²) in [6.07, 6.45) is 1.34. The van der Waals surface area contributed by atoms with Crippen molar-refractivity contribution in [3.63, 3.8) is 0 Å². The van der Waals surface area contributed by atoms with Gasteiger partial charge in [0.25, 0.3) is 5.91 Å². The van der Waals surface area contributed by atoms with Crippen LogP contribution >= 0.6 is 0 Å². The fraction of sp³-hybridized carbons (Fsp3) is 0.214. The van der Waals surface area contributed by atoms with Crippen molar-refractivity contribution in [2.24, 2.45) is 0 Å². The molecule has 0 heterocycles. The Labute approximate surface area is 116 Å². The number of benzene rings is 1. The van der Waals surface area contributed by atoms with Crippen LogP contribution in [0, 0.1) is 17.1 Å². The molecule has 0 atom stereocenters. The zero-order chi connectivity index (χ0) is 15.3. The average Bonchev–Trinajstić information content (AvgIpc) is 2.37. The van der Waals surface area contributed by atoms with Gasteiger partial charge >= 0.3 is 0 Å². The van der Waals surface area contributed by atoms with Gasteiger partial charge in [-0.1, -0.05) is 6.07 Å². The number of para-hydroxylation sites is 1. The molecule has 20 heavy (non-hydrogen) atoms. The van der Waals surface area contributed by atoms with Gasteiger partial charge in [0, 0.05) is 20.3 Å². The number of amides is 1. The smallest absolute Gasteiger partial charge is 0.260 e. The van der Waals surface area contributed by atoms with Crippen LogP contribution in [0.15, 0.2) is 30.0 Å². The zero-order valence-electron chi connectivity index (χ0n) is 11.4. The van der Waals surface area contributed by atoms with Crippen molar-refractivity contribution < 1.29 is 14.0 Å². The summed E-state index contributed by atoms with van der Waals surface area (Å²) in [6, 6.07) is 5.65. The van der Waals surface area contributed by atoms with Crippen molar-refractivity contribution in [1.82, 2.24) is 4.90 Å². The summed E-state index contributed by atoms with van der Waals surface area (Å²) in [7, 11) is 3.31. The monoisotopic (exact) mass is 275 g/mol. The first-order valence-electron chi connectivity index (χ1n) is 5.76. The summed E-state index contributed by atoms with van der Waals surface area (Å²) in [5.74, 6) is -1.94. The van der Waals surface area contributed by atoms with Gasteiger partial charge in [-0.05, 0) is 19.1 Å². The number of carbonyl (C=O) groups excluding carboxylic acids is 2. The van der Waals surface area contributed by atoms with Crippen molar-refractivity contribution in [1.29, 1.82) is 5.26 Å². The maximum absolute atomic E-state index is 13.6. The molecule has 0 aliphatic heterocycles. The summed E-state index contributed by atoms with van der Waals surface area (Å²) in [5, 5.41) is 11.2. The lowest BCUT2D eigenvalue weighted by atomic mass is 10.1. The fourth-order valence-electron chi connectivity index (χ4n) is 1.49. The molecule has 6 heteroatoms. The number of ketones is 1. The van der Waals surface area contributed by atoms with Crippen LogP contribution in [0.2, 0.25) is 0 Å². The number of hydrogen-bond acceptors (Lipinski definition) is 4. The quantitative estimate of drug-likeness (QED) is 0.515. The minimum absolute atomic E-state index is 0.00824. The number of anilines is 1. The number of nitriles is 1. The normalized spacial score (nSPS) is 10.7. The van der Waals surface area contributed by atoms with Crippen LogP contribution in [0.4, 0.5) is 10.1 Å². The van der Waals surface area contributed by atoms with E-state index in [9.17, 15) is 14.0 Å². The number of Topliss-reactive ketones (excluding diaryl/α,β-unsaturated/α-hetero) is 1. The molecule has 0 spiro atoms. The number of carbonyl (C=O) groups is 2. The molecular formula is C14H14FN3O2. The predicted octanol–water partition coefficient (Wildman–Crippen LogP) is 1.67. The molecule has 0 saturated carbocycles. The standard InChI is InChI=1S/C14H14FN3O2/c1-9(19)11(8-18(2)3)14(20)17-13-10(7-16)5-4-6-12(13)15/h4-6,8H,1-3H3,(H,17,20). The molecule has 0 saturated heterocycles. The van der Waals surface area contributed by atoms with Crippen LogP contribution in [0.5, 0.6) is 0 Å². The van der Waals surface area contributed by atoms with E-state index in [2.05, 4.69) is 5.32 Å². The number of rotatable bonds is 4. The van der Waals surface area contributed by atoms with Crippen LogP contribution in [0.1, 0.15) is 12.5 Å². The van der Waals surface area contributed by atoms with E-state index in [-0.39, 0.29) is 16.8 Å². The number of hydrogen-bond donors (Lipinski definition) is 1. The number of nitrogens with one attached hydrogen (secondary N) is 1. The Kier molecular flexibility index (Phi) is 4.98. The van der Waals surface area contributed by atoms with Crippen molar-refractivity contribution in [3.05, 3.63) is 41.4 Å². The molecule has 0 aliphatic carbocycles. The van der Waals surface area contributed by atoms with Gasteiger partial charge in [-0.2, -0.15) is 5.26 Å². The highest BCUT2D eigenvalue weighted by molar-refractivity contribution is 6.22. The van der Waals surface area contributed by atoms with Gasteiger partial charge in [-0.15, -0.1) is 0 Å². The predicted molar refractivity (Wildman–Crippen MR) is 72.2 cm³/mol. The van der Waals surface area contributed by atoms with Crippen molar-refractivity contribution >= 4 is 17.4 Å². The van der Waals surface area contributed by atoms with Crippen molar-refractivity contribution in [3.8, 4) is 6.07 Å². The SMILES string of the molecule is CC(=O)C(=CN(C)C)C(=O)Nc1c(F)cccc1C#N. The molecule has 1 rings (SSSR count). The molecule has 0 aliphatic rings. The molecule has 1 amide bonds. The van der Waals surface area contributed by atoms with Gasteiger partial charge in [0.2, 0.25) is 0 Å². The van der Waals surface area contributed by atoms with E-state index in [1.807, 2.05) is 0 Å². The molecule has 104 valence electrons. The van der Waals surface area contributed by atoms with E-state index >= 15 is 0 Å². The number of halogens is 1. The molecule has 1 aromatic rings. The minimum atomic E-state index is -0.757. The van der Waals surface area contributed by atoms with Gasteiger partial charge in [0.1, 0.15) is 11.9 Å². The maximum Gasteiger partial charge on any atom is 0.260 e. The fourth-order valence-corrected chi connectivity index (χ4v) is 1.49. The molecule has 0 unspecified atom stereocenters. The average molecular weight is 275 g/mol. The van der Waals surface area contributed by atoms with Crippen LogP contribution in [0.3, 0.4) is 0 Å². The van der Waals surface area contributed by atoms with Gasteiger partial charge in [-0.25, -0.2) is 4.39 Å². The highest BCUT2D eigenvalue weighted by Gasteiger charge is 2.18. The second kappa shape index (κ2) is 6.48. The van der Waals surface area contributed by atoms with E-state index in [1.165, 1.54) is 30.2 Å². The summed E-state index contributed by atoms with van der Waals surface area (Å²) in [6.45, 7) is 1.24. The van der Waals surface area contributed by atoms with E-state index in [0.717, 1.165) is 6.07 Å². The van der Waals surface area contributed by atoms with Crippen LogP contribution in [-0.2, 0) is 9.59 Å².